The number of imidazole rings is 1. The van der Waals surface area contributed by atoms with Gasteiger partial charge in [-0.1, -0.05) is 30.3 Å². The van der Waals surface area contributed by atoms with Crippen LogP contribution >= 0.6 is 0 Å². The zero-order valence-corrected chi connectivity index (χ0v) is 14.1. The average molecular weight is 353 g/mol. The Morgan fingerprint density at radius 2 is 2.00 bits per heavy atom. The molecule has 0 aliphatic carbocycles. The summed E-state index contributed by atoms with van der Waals surface area (Å²) < 4.78 is 29.2. The average Bonchev–Trinajstić information content (AvgIpc) is 3.04. The van der Waals surface area contributed by atoms with E-state index in [2.05, 4.69) is 10.3 Å². The van der Waals surface area contributed by atoms with Crippen LogP contribution in [-0.4, -0.2) is 15.5 Å². The number of nitrogens with one attached hydrogen (secondary N) is 1. The van der Waals surface area contributed by atoms with Crippen LogP contribution in [0.3, 0.4) is 0 Å². The van der Waals surface area contributed by atoms with Gasteiger partial charge in [0.1, 0.15) is 23.5 Å². The summed E-state index contributed by atoms with van der Waals surface area (Å²) in [5.74, 6) is -0.757. The molecule has 6 heteroatoms. The van der Waals surface area contributed by atoms with Crippen molar-refractivity contribution in [2.45, 2.75) is 6.04 Å². The summed E-state index contributed by atoms with van der Waals surface area (Å²) in [5.41, 5.74) is 0.869. The van der Waals surface area contributed by atoms with E-state index >= 15 is 0 Å². The van der Waals surface area contributed by atoms with Crippen LogP contribution in [-0.2, 0) is 11.8 Å². The van der Waals surface area contributed by atoms with E-state index in [1.165, 1.54) is 30.4 Å². The monoisotopic (exact) mass is 353 g/mol. The molecule has 0 fully saturated rings. The van der Waals surface area contributed by atoms with E-state index in [1.807, 2.05) is 0 Å². The van der Waals surface area contributed by atoms with Crippen molar-refractivity contribution in [3.8, 4) is 0 Å². The van der Waals surface area contributed by atoms with Crippen LogP contribution in [0.2, 0.25) is 0 Å². The Morgan fingerprint density at radius 3 is 2.69 bits per heavy atom. The molecule has 4 nitrogen and oxygen atoms in total. The number of carbonyl (C=O) groups excluding carboxylic acids is 1. The van der Waals surface area contributed by atoms with Gasteiger partial charge >= 0.3 is 0 Å². The molecule has 1 N–H and O–H groups in total. The van der Waals surface area contributed by atoms with Crippen LogP contribution in [0.1, 0.15) is 23.0 Å². The number of halogens is 2. The summed E-state index contributed by atoms with van der Waals surface area (Å²) in [7, 11) is 1.77. The zero-order chi connectivity index (χ0) is 18.5. The van der Waals surface area contributed by atoms with Crippen molar-refractivity contribution in [3.05, 3.63) is 95.6 Å². The molecule has 1 aromatic heterocycles. The highest BCUT2D eigenvalue weighted by Crippen LogP contribution is 2.23. The van der Waals surface area contributed by atoms with E-state index in [4.69, 9.17) is 0 Å². The molecule has 0 spiro atoms. The smallest absolute Gasteiger partial charge is 0.244 e. The second-order valence-corrected chi connectivity index (χ2v) is 5.75. The third-order valence-corrected chi connectivity index (χ3v) is 3.90. The molecular weight excluding hydrogens is 336 g/mol. The first-order valence-electron chi connectivity index (χ1n) is 8.00. The molecule has 26 heavy (non-hydrogen) atoms. The lowest BCUT2D eigenvalue weighted by atomic mass is 10.1. The van der Waals surface area contributed by atoms with Gasteiger partial charge in [0.15, 0.2) is 0 Å². The highest BCUT2D eigenvalue weighted by Gasteiger charge is 2.22. The van der Waals surface area contributed by atoms with Gasteiger partial charge in [-0.2, -0.15) is 0 Å². The molecule has 2 aromatic carbocycles. The number of hydrogen-bond donors (Lipinski definition) is 1. The van der Waals surface area contributed by atoms with Gasteiger partial charge in [-0.25, -0.2) is 13.8 Å². The van der Waals surface area contributed by atoms with Crippen LogP contribution in [0, 0.1) is 11.6 Å². The van der Waals surface area contributed by atoms with Gasteiger partial charge in [-0.3, -0.25) is 4.79 Å². The van der Waals surface area contributed by atoms with E-state index in [0.29, 0.717) is 17.0 Å². The first kappa shape index (κ1) is 17.5. The van der Waals surface area contributed by atoms with Crippen molar-refractivity contribution < 1.29 is 13.6 Å². The normalized spacial score (nSPS) is 12.3. The maximum atomic E-state index is 14.3. The summed E-state index contributed by atoms with van der Waals surface area (Å²) >= 11 is 0. The topological polar surface area (TPSA) is 46.9 Å². The number of amides is 1. The molecule has 0 radical (unpaired) electrons. The summed E-state index contributed by atoms with van der Waals surface area (Å²) in [6.45, 7) is 0. The quantitative estimate of drug-likeness (QED) is 0.712. The van der Waals surface area contributed by atoms with Crippen LogP contribution < -0.4 is 5.32 Å². The Bertz CT molecular complexity index is 949. The minimum atomic E-state index is -0.749. The van der Waals surface area contributed by atoms with Gasteiger partial charge in [0.25, 0.3) is 0 Å². The van der Waals surface area contributed by atoms with Crippen LogP contribution in [0.5, 0.6) is 0 Å². The van der Waals surface area contributed by atoms with Crippen LogP contribution in [0.15, 0.2) is 67.0 Å². The molecule has 1 unspecified atom stereocenters. The lowest BCUT2D eigenvalue weighted by molar-refractivity contribution is -0.117. The molecule has 132 valence electrons. The number of aryl methyl sites for hydroxylation is 1. The standard InChI is InChI=1S/C20H17F2N3O/c1-25-12-11-23-20(25)19(16-7-2-3-8-17(16)22)24-18(26)10-9-14-5-4-6-15(21)13-14/h2-13,19H,1H3,(H,24,26). The van der Waals surface area contributed by atoms with Crippen molar-refractivity contribution in [2.75, 3.05) is 0 Å². The fourth-order valence-electron chi connectivity index (χ4n) is 2.62. The SMILES string of the molecule is Cn1ccnc1C(NC(=O)C=Cc1cccc(F)c1)c1ccccc1F. The van der Waals surface area contributed by atoms with Gasteiger partial charge in [-0.05, 0) is 29.8 Å². The minimum absolute atomic E-state index is 0.314. The lowest BCUT2D eigenvalue weighted by Crippen LogP contribution is -2.30. The van der Waals surface area contributed by atoms with Crippen molar-refractivity contribution in [1.82, 2.24) is 14.9 Å². The molecule has 0 saturated carbocycles. The Morgan fingerprint density at radius 1 is 1.19 bits per heavy atom. The van der Waals surface area contributed by atoms with Gasteiger partial charge in [-0.15, -0.1) is 0 Å². The van der Waals surface area contributed by atoms with Crippen molar-refractivity contribution in [2.24, 2.45) is 7.05 Å². The first-order valence-corrected chi connectivity index (χ1v) is 8.00. The number of aromatic nitrogens is 2. The van der Waals surface area contributed by atoms with Crippen molar-refractivity contribution in [3.63, 3.8) is 0 Å². The third kappa shape index (κ3) is 4.03. The number of nitrogens with zero attached hydrogens (tertiary/aromatic N) is 2. The second kappa shape index (κ2) is 7.74. The van der Waals surface area contributed by atoms with Crippen LogP contribution in [0.25, 0.3) is 6.08 Å². The van der Waals surface area contributed by atoms with Crippen molar-refractivity contribution >= 4 is 12.0 Å². The molecule has 3 rings (SSSR count). The first-order chi connectivity index (χ1) is 12.5. The molecule has 1 amide bonds. The number of benzene rings is 2. The predicted molar refractivity (Wildman–Crippen MR) is 95.0 cm³/mol. The molecular formula is C20H17F2N3O. The maximum absolute atomic E-state index is 14.3. The summed E-state index contributed by atoms with van der Waals surface area (Å²) in [4.78, 5) is 16.6. The number of rotatable bonds is 5. The van der Waals surface area contributed by atoms with Gasteiger partial charge in [0.2, 0.25) is 5.91 Å². The molecule has 0 bridgehead atoms. The highest BCUT2D eigenvalue weighted by molar-refractivity contribution is 5.92. The summed E-state index contributed by atoms with van der Waals surface area (Å²) in [5, 5.41) is 2.76. The van der Waals surface area contributed by atoms with E-state index in [9.17, 15) is 13.6 Å². The van der Waals surface area contributed by atoms with E-state index < -0.39 is 17.8 Å². The Labute approximate surface area is 149 Å². The van der Waals surface area contributed by atoms with Gasteiger partial charge < -0.3 is 9.88 Å². The highest BCUT2D eigenvalue weighted by atomic mass is 19.1. The Hall–Kier alpha value is -3.28. The predicted octanol–water partition coefficient (Wildman–Crippen LogP) is 3.62. The van der Waals surface area contributed by atoms with Crippen molar-refractivity contribution in [1.29, 1.82) is 0 Å². The summed E-state index contributed by atoms with van der Waals surface area (Å²) in [6, 6.07) is 11.3. The van der Waals surface area contributed by atoms with E-state index in [1.54, 1.807) is 54.3 Å². The van der Waals surface area contributed by atoms with Gasteiger partial charge in [0, 0.05) is 31.1 Å². The molecule has 1 atom stereocenters. The second-order valence-electron chi connectivity index (χ2n) is 5.75. The van der Waals surface area contributed by atoms with E-state index in [-0.39, 0.29) is 5.82 Å². The molecule has 1 heterocycles. The van der Waals surface area contributed by atoms with Crippen LogP contribution in [0.4, 0.5) is 8.78 Å². The number of carbonyl (C=O) groups is 1. The Balaban J connectivity index is 1.85. The summed E-state index contributed by atoms with van der Waals surface area (Å²) in [6.07, 6.45) is 6.08. The largest absolute Gasteiger partial charge is 0.338 e. The van der Waals surface area contributed by atoms with Gasteiger partial charge in [0.05, 0.1) is 0 Å². The molecule has 0 aliphatic heterocycles. The molecule has 3 aromatic rings. The third-order valence-electron chi connectivity index (χ3n) is 3.90. The molecule has 0 aliphatic rings. The number of hydrogen-bond acceptors (Lipinski definition) is 2. The fraction of sp³-hybridized carbons (Fsp3) is 0.100. The Kier molecular flexibility index (Phi) is 5.22. The van der Waals surface area contributed by atoms with E-state index in [0.717, 1.165) is 0 Å². The lowest BCUT2D eigenvalue weighted by Gasteiger charge is -2.18. The zero-order valence-electron chi connectivity index (χ0n) is 14.1. The maximum Gasteiger partial charge on any atom is 0.244 e. The molecule has 0 saturated heterocycles. The fourth-order valence-corrected chi connectivity index (χ4v) is 2.62. The minimum Gasteiger partial charge on any atom is -0.338 e.